The predicted molar refractivity (Wildman–Crippen MR) is 100 cm³/mol. The van der Waals surface area contributed by atoms with Crippen LogP contribution < -0.4 is 10.1 Å². The minimum atomic E-state index is -0.409. The van der Waals surface area contributed by atoms with E-state index >= 15 is 0 Å². The van der Waals surface area contributed by atoms with Crippen LogP contribution in [0, 0.1) is 5.82 Å². The van der Waals surface area contributed by atoms with E-state index in [1.165, 1.54) is 23.5 Å². The van der Waals surface area contributed by atoms with Crippen molar-refractivity contribution in [1.82, 2.24) is 10.3 Å². The molecule has 3 rings (SSSR count). The van der Waals surface area contributed by atoms with Crippen LogP contribution in [0.5, 0.6) is 11.6 Å². The number of nitrogens with zero attached hydrogens (tertiary/aromatic N) is 1. The Morgan fingerprint density at radius 3 is 2.78 bits per heavy atom. The van der Waals surface area contributed by atoms with E-state index in [0.717, 1.165) is 0 Å². The molecule has 138 valence electrons. The summed E-state index contributed by atoms with van der Waals surface area (Å²) in [5.41, 5.74) is 0.652. The first-order chi connectivity index (χ1) is 13.1. The van der Waals surface area contributed by atoms with Gasteiger partial charge in [-0.3, -0.25) is 9.59 Å². The predicted octanol–water partition coefficient (Wildman–Crippen LogP) is 4.35. The monoisotopic (exact) mass is 384 g/mol. The Balaban J connectivity index is 1.54. The van der Waals surface area contributed by atoms with Crippen LogP contribution in [0.25, 0.3) is 0 Å². The molecule has 1 aromatic carbocycles. The molecule has 0 saturated carbocycles. The van der Waals surface area contributed by atoms with Gasteiger partial charge in [0.2, 0.25) is 11.8 Å². The Morgan fingerprint density at radius 2 is 2.00 bits per heavy atom. The summed E-state index contributed by atoms with van der Waals surface area (Å²) in [6.45, 7) is 0.199. The zero-order chi connectivity index (χ0) is 19.1. The Kier molecular flexibility index (Phi) is 6.27. The molecule has 7 heteroatoms. The largest absolute Gasteiger partial charge is 0.439 e. The fourth-order valence-corrected chi connectivity index (χ4v) is 3.06. The molecule has 1 N–H and O–H groups in total. The zero-order valence-corrected chi connectivity index (χ0v) is 15.2. The van der Waals surface area contributed by atoms with Crippen molar-refractivity contribution in [1.29, 1.82) is 0 Å². The topological polar surface area (TPSA) is 68.3 Å². The van der Waals surface area contributed by atoms with Gasteiger partial charge in [-0.15, -0.1) is 11.3 Å². The third-order valence-electron chi connectivity index (χ3n) is 3.71. The van der Waals surface area contributed by atoms with Crippen LogP contribution in [0.2, 0.25) is 0 Å². The van der Waals surface area contributed by atoms with Crippen molar-refractivity contribution in [3.8, 4) is 11.6 Å². The highest BCUT2D eigenvalue weighted by molar-refractivity contribution is 7.12. The maximum atomic E-state index is 13.3. The van der Waals surface area contributed by atoms with Crippen molar-refractivity contribution in [3.63, 3.8) is 0 Å². The molecule has 0 atom stereocenters. The van der Waals surface area contributed by atoms with Crippen molar-refractivity contribution in [2.75, 3.05) is 0 Å². The summed E-state index contributed by atoms with van der Waals surface area (Å²) in [5, 5.41) is 4.58. The van der Waals surface area contributed by atoms with Crippen LogP contribution in [0.1, 0.15) is 28.1 Å². The number of amides is 1. The number of rotatable bonds is 8. The minimum Gasteiger partial charge on any atom is -0.439 e. The first kappa shape index (κ1) is 18.7. The third kappa shape index (κ3) is 5.46. The molecule has 2 aromatic heterocycles. The van der Waals surface area contributed by atoms with E-state index in [9.17, 15) is 14.0 Å². The Labute approximate surface area is 159 Å². The van der Waals surface area contributed by atoms with Crippen molar-refractivity contribution in [2.24, 2.45) is 0 Å². The SMILES string of the molecule is O=C(CCC(=O)c1cccs1)NCc1cccnc1Oc1cccc(F)c1. The number of aromatic nitrogens is 1. The van der Waals surface area contributed by atoms with Crippen LogP contribution in [-0.4, -0.2) is 16.7 Å². The number of ether oxygens (including phenoxy) is 1. The Bertz CT molecular complexity index is 928. The molecule has 0 saturated heterocycles. The second kappa shape index (κ2) is 9.05. The molecule has 1 amide bonds. The van der Waals surface area contributed by atoms with Gasteiger partial charge in [-0.05, 0) is 29.6 Å². The number of Topliss-reactive ketones (excluding diaryl/α,β-unsaturated/α-hetero) is 1. The van der Waals surface area contributed by atoms with Gasteiger partial charge in [-0.25, -0.2) is 9.37 Å². The number of carbonyl (C=O) groups excluding carboxylic acids is 2. The van der Waals surface area contributed by atoms with Crippen LogP contribution in [0.15, 0.2) is 60.1 Å². The summed E-state index contributed by atoms with van der Waals surface area (Å²) < 4.78 is 18.9. The Hall–Kier alpha value is -3.06. The maximum absolute atomic E-state index is 13.3. The van der Waals surface area contributed by atoms with Gasteiger partial charge in [0.15, 0.2) is 5.78 Å². The fourth-order valence-electron chi connectivity index (χ4n) is 2.36. The van der Waals surface area contributed by atoms with Crippen molar-refractivity contribution in [3.05, 3.63) is 76.4 Å². The number of pyridine rings is 1. The lowest BCUT2D eigenvalue weighted by atomic mass is 10.2. The van der Waals surface area contributed by atoms with Gasteiger partial charge >= 0.3 is 0 Å². The van der Waals surface area contributed by atoms with Crippen LogP contribution in [0.4, 0.5) is 4.39 Å². The van der Waals surface area contributed by atoms with E-state index < -0.39 is 5.82 Å². The quantitative estimate of drug-likeness (QED) is 0.586. The molecule has 5 nitrogen and oxygen atoms in total. The molecule has 0 aliphatic carbocycles. The Morgan fingerprint density at radius 1 is 1.11 bits per heavy atom. The van der Waals surface area contributed by atoms with E-state index in [4.69, 9.17) is 4.74 Å². The molecule has 0 aliphatic heterocycles. The van der Waals surface area contributed by atoms with E-state index in [-0.39, 0.29) is 37.0 Å². The number of benzene rings is 1. The number of halogens is 1. The van der Waals surface area contributed by atoms with Gasteiger partial charge in [-0.2, -0.15) is 0 Å². The number of ketones is 1. The molecule has 0 radical (unpaired) electrons. The molecule has 0 fully saturated rings. The van der Waals surface area contributed by atoms with Gasteiger partial charge < -0.3 is 10.1 Å². The van der Waals surface area contributed by atoms with Crippen LogP contribution in [0.3, 0.4) is 0 Å². The summed E-state index contributed by atoms with van der Waals surface area (Å²) in [5.74, 6) is -0.0771. The number of nitrogens with one attached hydrogen (secondary N) is 1. The number of carbonyl (C=O) groups is 2. The lowest BCUT2D eigenvalue weighted by Crippen LogP contribution is -2.23. The average Bonchev–Trinajstić information content (AvgIpc) is 3.20. The van der Waals surface area contributed by atoms with Crippen molar-refractivity contribution >= 4 is 23.0 Å². The van der Waals surface area contributed by atoms with Gasteiger partial charge in [0, 0.05) is 37.2 Å². The van der Waals surface area contributed by atoms with Crippen molar-refractivity contribution in [2.45, 2.75) is 19.4 Å². The van der Waals surface area contributed by atoms with E-state index in [1.807, 2.05) is 5.38 Å². The number of thiophene rings is 1. The van der Waals surface area contributed by atoms with Gasteiger partial charge in [0.25, 0.3) is 0 Å². The minimum absolute atomic E-state index is 0.0448. The average molecular weight is 384 g/mol. The highest BCUT2D eigenvalue weighted by atomic mass is 32.1. The summed E-state index contributed by atoms with van der Waals surface area (Å²) in [4.78, 5) is 28.8. The molecule has 3 aromatic rings. The highest BCUT2D eigenvalue weighted by Crippen LogP contribution is 2.23. The molecule has 0 spiro atoms. The fraction of sp³-hybridized carbons (Fsp3) is 0.150. The second-order valence-corrected chi connectivity index (χ2v) is 6.65. The second-order valence-electron chi connectivity index (χ2n) is 5.70. The highest BCUT2D eigenvalue weighted by Gasteiger charge is 2.12. The summed E-state index contributed by atoms with van der Waals surface area (Å²) >= 11 is 1.36. The van der Waals surface area contributed by atoms with Gasteiger partial charge in [-0.1, -0.05) is 18.2 Å². The first-order valence-electron chi connectivity index (χ1n) is 8.32. The van der Waals surface area contributed by atoms with Crippen LogP contribution in [-0.2, 0) is 11.3 Å². The normalized spacial score (nSPS) is 10.4. The summed E-state index contributed by atoms with van der Waals surface area (Å²) in [6, 6.07) is 12.8. The molecule has 0 bridgehead atoms. The lowest BCUT2D eigenvalue weighted by molar-refractivity contribution is -0.121. The third-order valence-corrected chi connectivity index (χ3v) is 4.62. The first-order valence-corrected chi connectivity index (χ1v) is 9.20. The molecule has 27 heavy (non-hydrogen) atoms. The smallest absolute Gasteiger partial charge is 0.224 e. The molecular weight excluding hydrogens is 367 g/mol. The van der Waals surface area contributed by atoms with Gasteiger partial charge in [0.1, 0.15) is 11.6 Å². The maximum Gasteiger partial charge on any atom is 0.224 e. The van der Waals surface area contributed by atoms with E-state index in [0.29, 0.717) is 16.2 Å². The van der Waals surface area contributed by atoms with E-state index in [2.05, 4.69) is 10.3 Å². The zero-order valence-electron chi connectivity index (χ0n) is 14.4. The van der Waals surface area contributed by atoms with Crippen molar-refractivity contribution < 1.29 is 18.7 Å². The van der Waals surface area contributed by atoms with E-state index in [1.54, 1.807) is 42.6 Å². The lowest BCUT2D eigenvalue weighted by Gasteiger charge is -2.11. The number of hydrogen-bond acceptors (Lipinski definition) is 5. The summed E-state index contributed by atoms with van der Waals surface area (Å²) in [6.07, 6.45) is 1.82. The molecular formula is C20H17FN2O3S. The number of hydrogen-bond donors (Lipinski definition) is 1. The standard InChI is InChI=1S/C20H17FN2O3S/c21-15-5-1-6-16(12-15)26-20-14(4-2-10-22-20)13-23-19(25)9-8-17(24)18-7-3-11-27-18/h1-7,10-12H,8-9,13H2,(H,23,25). The molecule has 0 unspecified atom stereocenters. The molecule has 2 heterocycles. The summed E-state index contributed by atoms with van der Waals surface area (Å²) in [7, 11) is 0. The van der Waals surface area contributed by atoms with Gasteiger partial charge in [0.05, 0.1) is 4.88 Å². The van der Waals surface area contributed by atoms with Crippen LogP contribution >= 0.6 is 11.3 Å². The molecule has 0 aliphatic rings.